The minimum atomic E-state index is -0.364. The molecule has 1 fully saturated rings. The van der Waals surface area contributed by atoms with Crippen LogP contribution in [0.2, 0.25) is 0 Å². The maximum atomic E-state index is 12.7. The monoisotopic (exact) mass is 354 g/mol. The number of hydrogen-bond acceptors (Lipinski definition) is 4. The summed E-state index contributed by atoms with van der Waals surface area (Å²) in [6, 6.07) is 7.12. The molecule has 1 atom stereocenters. The smallest absolute Gasteiger partial charge is 0.267 e. The SMILES string of the molecule is CCCCn1nc(C(=O)N/N=C2/CCCC[C@H]2C)c2ccccc2c1=O. The number of aromatic nitrogens is 2. The molecular formula is C20H26N4O2. The number of carbonyl (C=O) groups is 1. The van der Waals surface area contributed by atoms with E-state index < -0.39 is 0 Å². The summed E-state index contributed by atoms with van der Waals surface area (Å²) in [6.07, 6.45) is 6.15. The Bertz CT molecular complexity index is 885. The summed E-state index contributed by atoms with van der Waals surface area (Å²) in [5.41, 5.74) is 3.80. The highest BCUT2D eigenvalue weighted by Gasteiger charge is 2.19. The molecule has 0 aliphatic heterocycles. The average molecular weight is 354 g/mol. The van der Waals surface area contributed by atoms with Crippen molar-refractivity contribution in [2.75, 3.05) is 0 Å². The van der Waals surface area contributed by atoms with E-state index in [-0.39, 0.29) is 17.2 Å². The van der Waals surface area contributed by atoms with Crippen molar-refractivity contribution in [3.63, 3.8) is 0 Å². The molecule has 0 bridgehead atoms. The van der Waals surface area contributed by atoms with Gasteiger partial charge in [-0.25, -0.2) is 10.1 Å². The van der Waals surface area contributed by atoms with Gasteiger partial charge in [-0.3, -0.25) is 9.59 Å². The fourth-order valence-electron chi connectivity index (χ4n) is 3.37. The van der Waals surface area contributed by atoms with Crippen molar-refractivity contribution in [2.24, 2.45) is 11.0 Å². The summed E-state index contributed by atoms with van der Waals surface area (Å²) >= 11 is 0. The largest absolute Gasteiger partial charge is 0.292 e. The Balaban J connectivity index is 1.95. The second-order valence-electron chi connectivity index (χ2n) is 6.97. The molecule has 6 nitrogen and oxygen atoms in total. The average Bonchev–Trinajstić information content (AvgIpc) is 2.67. The van der Waals surface area contributed by atoms with E-state index in [4.69, 9.17) is 0 Å². The fourth-order valence-corrected chi connectivity index (χ4v) is 3.37. The Morgan fingerprint density at radius 3 is 2.81 bits per heavy atom. The van der Waals surface area contributed by atoms with E-state index in [9.17, 15) is 9.59 Å². The second-order valence-corrected chi connectivity index (χ2v) is 6.97. The third-order valence-corrected chi connectivity index (χ3v) is 5.00. The number of hydrogen-bond donors (Lipinski definition) is 1. The minimum absolute atomic E-state index is 0.155. The Labute approximate surface area is 153 Å². The number of nitrogens with one attached hydrogen (secondary N) is 1. The van der Waals surface area contributed by atoms with Gasteiger partial charge >= 0.3 is 0 Å². The molecule has 1 saturated carbocycles. The molecule has 0 saturated heterocycles. The number of benzene rings is 1. The Hall–Kier alpha value is -2.50. The van der Waals surface area contributed by atoms with E-state index in [1.54, 1.807) is 18.2 Å². The number of carbonyl (C=O) groups excluding carboxylic acids is 1. The summed E-state index contributed by atoms with van der Waals surface area (Å²) in [7, 11) is 0. The first kappa shape index (κ1) is 18.3. The maximum Gasteiger partial charge on any atom is 0.292 e. The molecule has 26 heavy (non-hydrogen) atoms. The van der Waals surface area contributed by atoms with Gasteiger partial charge in [-0.2, -0.15) is 10.2 Å². The minimum Gasteiger partial charge on any atom is -0.267 e. The van der Waals surface area contributed by atoms with Crippen LogP contribution < -0.4 is 11.0 Å². The third kappa shape index (κ3) is 3.84. The zero-order valence-electron chi connectivity index (χ0n) is 15.5. The van der Waals surface area contributed by atoms with Crippen molar-refractivity contribution in [2.45, 2.75) is 58.9 Å². The number of hydrazone groups is 1. The summed E-state index contributed by atoms with van der Waals surface area (Å²) in [5.74, 6) is 0.0315. The molecule has 1 heterocycles. The molecule has 1 aromatic heterocycles. The molecular weight excluding hydrogens is 328 g/mol. The quantitative estimate of drug-likeness (QED) is 0.835. The van der Waals surface area contributed by atoms with Crippen molar-refractivity contribution in [1.82, 2.24) is 15.2 Å². The van der Waals surface area contributed by atoms with Gasteiger partial charge in [0.2, 0.25) is 0 Å². The number of fused-ring (bicyclic) bond motifs is 1. The van der Waals surface area contributed by atoms with Gasteiger partial charge in [0.05, 0.1) is 5.39 Å². The van der Waals surface area contributed by atoms with E-state index >= 15 is 0 Å². The van der Waals surface area contributed by atoms with Gasteiger partial charge in [0.25, 0.3) is 11.5 Å². The maximum absolute atomic E-state index is 12.7. The second kappa shape index (κ2) is 8.25. The van der Waals surface area contributed by atoms with E-state index in [0.29, 0.717) is 23.2 Å². The molecule has 0 spiro atoms. The molecule has 1 aromatic carbocycles. The lowest BCUT2D eigenvalue weighted by Gasteiger charge is -2.19. The molecule has 0 unspecified atom stereocenters. The fraction of sp³-hybridized carbons (Fsp3) is 0.500. The lowest BCUT2D eigenvalue weighted by atomic mass is 9.89. The van der Waals surface area contributed by atoms with Gasteiger partial charge in [0.1, 0.15) is 0 Å². The predicted octanol–water partition coefficient (Wildman–Crippen LogP) is 3.49. The van der Waals surface area contributed by atoms with Crippen LogP contribution >= 0.6 is 0 Å². The van der Waals surface area contributed by atoms with Crippen LogP contribution in [0.25, 0.3) is 10.8 Å². The topological polar surface area (TPSA) is 76.3 Å². The van der Waals surface area contributed by atoms with Crippen molar-refractivity contribution in [1.29, 1.82) is 0 Å². The van der Waals surface area contributed by atoms with E-state index in [0.717, 1.165) is 37.8 Å². The van der Waals surface area contributed by atoms with Crippen LogP contribution in [0.4, 0.5) is 0 Å². The van der Waals surface area contributed by atoms with E-state index in [2.05, 4.69) is 29.5 Å². The molecule has 6 heteroatoms. The molecule has 1 aliphatic rings. The van der Waals surface area contributed by atoms with Crippen LogP contribution in [0, 0.1) is 5.92 Å². The van der Waals surface area contributed by atoms with Gasteiger partial charge in [-0.15, -0.1) is 0 Å². The van der Waals surface area contributed by atoms with Gasteiger partial charge in [0.15, 0.2) is 5.69 Å². The summed E-state index contributed by atoms with van der Waals surface area (Å²) in [4.78, 5) is 25.3. The number of aryl methyl sites for hydroxylation is 1. The molecule has 1 aliphatic carbocycles. The van der Waals surface area contributed by atoms with Crippen molar-refractivity contribution in [3.8, 4) is 0 Å². The number of unbranched alkanes of at least 4 members (excludes halogenated alkanes) is 1. The van der Waals surface area contributed by atoms with Crippen molar-refractivity contribution < 1.29 is 4.79 Å². The lowest BCUT2D eigenvalue weighted by molar-refractivity contribution is 0.0949. The first-order valence-corrected chi connectivity index (χ1v) is 9.48. The van der Waals surface area contributed by atoms with Gasteiger partial charge < -0.3 is 0 Å². The zero-order chi connectivity index (χ0) is 18.5. The third-order valence-electron chi connectivity index (χ3n) is 5.00. The van der Waals surface area contributed by atoms with Crippen LogP contribution in [0.1, 0.15) is 62.9 Å². The molecule has 3 rings (SSSR count). The van der Waals surface area contributed by atoms with Crippen LogP contribution in [-0.4, -0.2) is 21.4 Å². The Morgan fingerprint density at radius 2 is 2.08 bits per heavy atom. The van der Waals surface area contributed by atoms with Gasteiger partial charge in [-0.05, 0) is 37.7 Å². The van der Waals surface area contributed by atoms with E-state index in [1.165, 1.54) is 11.1 Å². The number of amides is 1. The summed E-state index contributed by atoms with van der Waals surface area (Å²) in [6.45, 7) is 4.70. The molecule has 2 aromatic rings. The number of rotatable bonds is 5. The molecule has 0 radical (unpaired) electrons. The normalized spacial score (nSPS) is 19.0. The Morgan fingerprint density at radius 1 is 1.31 bits per heavy atom. The zero-order valence-corrected chi connectivity index (χ0v) is 15.5. The highest BCUT2D eigenvalue weighted by Crippen LogP contribution is 2.21. The van der Waals surface area contributed by atoms with Crippen molar-refractivity contribution >= 4 is 22.4 Å². The van der Waals surface area contributed by atoms with Gasteiger partial charge in [-0.1, -0.05) is 44.9 Å². The summed E-state index contributed by atoms with van der Waals surface area (Å²) < 4.78 is 1.40. The van der Waals surface area contributed by atoms with Crippen molar-refractivity contribution in [3.05, 3.63) is 40.3 Å². The van der Waals surface area contributed by atoms with E-state index in [1.807, 2.05) is 6.07 Å². The molecule has 138 valence electrons. The molecule has 1 N–H and O–H groups in total. The lowest BCUT2D eigenvalue weighted by Crippen LogP contribution is -2.30. The van der Waals surface area contributed by atoms with Gasteiger partial charge in [0, 0.05) is 17.6 Å². The predicted molar refractivity (Wildman–Crippen MR) is 103 cm³/mol. The van der Waals surface area contributed by atoms with Crippen LogP contribution in [0.15, 0.2) is 34.2 Å². The Kier molecular flexibility index (Phi) is 5.81. The standard InChI is InChI=1S/C20H26N4O2/c1-3-4-13-24-20(26)16-11-7-6-10-15(16)18(23-24)19(25)22-21-17-12-8-5-9-14(17)2/h6-7,10-11,14H,3-5,8-9,12-13H2,1-2H3,(H,22,25)/b21-17-/t14-/m1/s1. The highest BCUT2D eigenvalue weighted by molar-refractivity contribution is 6.05. The van der Waals surface area contributed by atoms with Crippen LogP contribution in [-0.2, 0) is 6.54 Å². The first-order valence-electron chi connectivity index (χ1n) is 9.48. The van der Waals surface area contributed by atoms with Crippen LogP contribution in [0.5, 0.6) is 0 Å². The summed E-state index contributed by atoms with van der Waals surface area (Å²) in [5, 5.41) is 9.78. The van der Waals surface area contributed by atoms with Crippen LogP contribution in [0.3, 0.4) is 0 Å². The first-order chi connectivity index (χ1) is 12.6. The molecule has 1 amide bonds. The highest BCUT2D eigenvalue weighted by atomic mass is 16.2. The number of nitrogens with zero attached hydrogens (tertiary/aromatic N) is 3.